The van der Waals surface area contributed by atoms with E-state index in [9.17, 15) is 54.3 Å². The largest absolute Gasteiger partial charge is 0.417 e. The first-order chi connectivity index (χ1) is 54.0. The van der Waals surface area contributed by atoms with E-state index in [0.717, 1.165) is 76.1 Å². The zero-order chi connectivity index (χ0) is 80.5. The number of benzene rings is 4. The summed E-state index contributed by atoms with van der Waals surface area (Å²) in [5.41, 5.74) is 6.43. The molecule has 0 N–H and O–H groups in total. The molecule has 0 saturated heterocycles. The van der Waals surface area contributed by atoms with Gasteiger partial charge in [-0.25, -0.2) is 38.7 Å². The standard InChI is InChI=1S/C21H19ClF3N5O.C20H17ClF3N5O.C19H15ClF2N4O.C16H12Cl2N6O/c1-3-13-6-5-10-26-19(13)30-16-9-11-29(12(2)18(16)27-28-30)20(31)14-7-4-8-15(17(14)22)21(23,24)25;1-11-6-7-16(25-10-11)29-15-8-9-28(12(2)18(15)26-27-29)19(30)13-4-3-5-14(17(13)21)20(22,23)24;1-11-18-16(26(10-24-18)17-5-3-13(22)9-23-17)6-7-25(11)19(27)14-4-2-12(21)8-15(14)20;17-10-2-3-11(12(18)8-10)15(25)23-7-4-14-13(9-23)21-22-24(14)16-19-5-1-6-20-16/h4-8,10,12H,3,9,11H2,1-2H3;3-7,10,12H,8-9H2,1-2H3;2-5,8-11H,6-7H2,1H3;1-3,5-6,8H,4,7,9H2/t12-;;;/m1.../s1. The minimum absolute atomic E-state index is 0.0824. The molecule has 0 radical (unpaired) electrons. The van der Waals surface area contributed by atoms with Crippen molar-refractivity contribution < 1.29 is 54.3 Å². The lowest BCUT2D eigenvalue weighted by Crippen LogP contribution is -2.39. The Balaban J connectivity index is 0.000000132. The van der Waals surface area contributed by atoms with Crippen LogP contribution in [0.3, 0.4) is 0 Å². The summed E-state index contributed by atoms with van der Waals surface area (Å²) in [6.45, 7) is 11.3. The van der Waals surface area contributed by atoms with Crippen LogP contribution in [-0.4, -0.2) is 149 Å². The number of carbonyl (C=O) groups excluding carboxylic acids is 4. The van der Waals surface area contributed by atoms with Gasteiger partial charge in [0, 0.05) is 81.7 Å². The number of fused-ring (bicyclic) bond motifs is 4. The van der Waals surface area contributed by atoms with Crippen LogP contribution in [-0.2, 0) is 51.0 Å². The molecule has 113 heavy (non-hydrogen) atoms. The molecule has 0 saturated carbocycles. The average Bonchev–Trinajstić information content (AvgIpc) is 0.936. The number of amides is 4. The number of carbonyl (C=O) groups is 4. The lowest BCUT2D eigenvalue weighted by atomic mass is 10.0. The molecule has 2 unspecified atom stereocenters. The van der Waals surface area contributed by atoms with Gasteiger partial charge in [-0.3, -0.25) is 23.7 Å². The Bertz CT molecular complexity index is 5570. The molecule has 8 aromatic heterocycles. The summed E-state index contributed by atoms with van der Waals surface area (Å²) in [5, 5.41) is 24.9. The Kier molecular flexibility index (Phi) is 23.5. The third-order valence-electron chi connectivity index (χ3n) is 19.4. The van der Waals surface area contributed by atoms with Crippen LogP contribution in [0.4, 0.5) is 35.1 Å². The molecule has 4 aromatic carbocycles. The van der Waals surface area contributed by atoms with Gasteiger partial charge in [0.25, 0.3) is 29.6 Å². The highest BCUT2D eigenvalue weighted by Crippen LogP contribution is 2.41. The van der Waals surface area contributed by atoms with Crippen LogP contribution in [0.25, 0.3) is 23.4 Å². The predicted octanol–water partition coefficient (Wildman–Crippen LogP) is 15.6. The highest BCUT2D eigenvalue weighted by atomic mass is 35.5. The van der Waals surface area contributed by atoms with Crippen molar-refractivity contribution in [1.29, 1.82) is 0 Å². The predicted molar refractivity (Wildman–Crippen MR) is 399 cm³/mol. The monoisotopic (exact) mass is 1650 g/mol. The maximum absolute atomic E-state index is 13.3. The molecular weight excluding hydrogens is 1590 g/mol. The summed E-state index contributed by atoms with van der Waals surface area (Å²) in [7, 11) is 0. The molecule has 582 valence electrons. The van der Waals surface area contributed by atoms with Crippen molar-refractivity contribution in [3.8, 4) is 23.4 Å². The fourth-order valence-electron chi connectivity index (χ4n) is 13.5. The number of alkyl halides is 6. The van der Waals surface area contributed by atoms with Crippen molar-refractivity contribution >= 4 is 81.6 Å². The molecule has 4 amide bonds. The van der Waals surface area contributed by atoms with E-state index in [1.807, 2.05) is 45.0 Å². The summed E-state index contributed by atoms with van der Waals surface area (Å²) in [6, 6.07) is 26.3. The van der Waals surface area contributed by atoms with Gasteiger partial charge in [-0.15, -0.1) is 15.3 Å². The van der Waals surface area contributed by atoms with E-state index >= 15 is 0 Å². The van der Waals surface area contributed by atoms with Crippen LogP contribution in [0.5, 0.6) is 0 Å². The van der Waals surface area contributed by atoms with Crippen molar-refractivity contribution in [3.05, 3.63) is 279 Å². The van der Waals surface area contributed by atoms with E-state index in [-0.39, 0.29) is 39.6 Å². The van der Waals surface area contributed by atoms with Gasteiger partial charge in [0.1, 0.15) is 40.9 Å². The van der Waals surface area contributed by atoms with Gasteiger partial charge in [-0.2, -0.15) is 40.4 Å². The first-order valence-corrected chi connectivity index (χ1v) is 36.9. The average molecular weight is 1650 g/mol. The van der Waals surface area contributed by atoms with Crippen LogP contribution >= 0.6 is 58.0 Å². The molecule has 12 heterocycles. The number of aryl methyl sites for hydroxylation is 2. The van der Waals surface area contributed by atoms with Crippen molar-refractivity contribution in [3.63, 3.8) is 0 Å². The van der Waals surface area contributed by atoms with Gasteiger partial charge in [-0.05, 0) is 136 Å². The van der Waals surface area contributed by atoms with Gasteiger partial charge in [-0.1, -0.05) is 105 Å². The van der Waals surface area contributed by atoms with Gasteiger partial charge in [0.05, 0.1) is 113 Å². The van der Waals surface area contributed by atoms with Crippen molar-refractivity contribution in [2.24, 2.45) is 0 Å². The Morgan fingerprint density at radius 3 is 1.58 bits per heavy atom. The molecule has 37 heteroatoms. The molecule has 24 nitrogen and oxygen atoms in total. The normalized spacial score (nSPS) is 15.8. The maximum atomic E-state index is 13.3. The first-order valence-electron chi connectivity index (χ1n) is 35.0. The van der Waals surface area contributed by atoms with E-state index < -0.39 is 69.1 Å². The Hall–Kier alpha value is -11.2. The van der Waals surface area contributed by atoms with E-state index in [4.69, 9.17) is 58.0 Å². The number of pyridine rings is 3. The fraction of sp³-hybridized carbons (Fsp3) is 0.263. The van der Waals surface area contributed by atoms with E-state index in [0.29, 0.717) is 109 Å². The Morgan fingerprint density at radius 1 is 0.478 bits per heavy atom. The second kappa shape index (κ2) is 33.2. The quantitative estimate of drug-likeness (QED) is 0.122. The smallest absolute Gasteiger partial charge is 0.332 e. The van der Waals surface area contributed by atoms with E-state index in [1.54, 1.807) is 104 Å². The van der Waals surface area contributed by atoms with Crippen molar-refractivity contribution in [2.75, 3.05) is 26.2 Å². The molecule has 4 aliphatic heterocycles. The number of hydrogen-bond acceptors (Lipinski definition) is 16. The maximum Gasteiger partial charge on any atom is 0.417 e. The molecule has 3 atom stereocenters. The van der Waals surface area contributed by atoms with Crippen molar-refractivity contribution in [1.82, 2.24) is 99.1 Å². The number of halogens is 13. The zero-order valence-electron chi connectivity index (χ0n) is 60.2. The Labute approximate surface area is 663 Å². The summed E-state index contributed by atoms with van der Waals surface area (Å²) >= 11 is 30.0. The summed E-state index contributed by atoms with van der Waals surface area (Å²) in [6.07, 6.45) is 3.01. The topological polar surface area (TPSA) is 256 Å². The minimum atomic E-state index is -4.64. The molecule has 12 aromatic rings. The lowest BCUT2D eigenvalue weighted by molar-refractivity contribution is -0.138. The fourth-order valence-corrected chi connectivity index (χ4v) is 14.9. The molecule has 16 rings (SSSR count). The number of hydrogen-bond donors (Lipinski definition) is 0. The molecule has 0 fully saturated rings. The number of rotatable bonds is 9. The van der Waals surface area contributed by atoms with Gasteiger partial charge < -0.3 is 19.6 Å². The molecule has 4 aliphatic rings. The SMILES string of the molecule is CC1c2ncn(-c3ccc(F)cn3)c2CCN1C(=O)c1ccc(F)cc1Cl.CCc1cccnc1-n1nnc2c1CCN(C(=O)c1cccc(C(F)(F)F)c1Cl)[C@@H]2C.Cc1ccc(-n2nnc3c2CCN(C(=O)c2cccc(C(F)(F)F)c2Cl)C3C)nc1.O=C(c1ccc(Cl)cc1Cl)N1CCc2c(nnn2-c2ncccn2)C1. The lowest BCUT2D eigenvalue weighted by Gasteiger charge is -2.33. The third-order valence-corrected chi connectivity index (χ3v) is 21.0. The molecule has 0 aliphatic carbocycles. The van der Waals surface area contributed by atoms with Gasteiger partial charge >= 0.3 is 12.4 Å². The number of nitrogens with zero attached hydrogens (tertiary/aromatic N) is 20. The van der Waals surface area contributed by atoms with Crippen molar-refractivity contribution in [2.45, 2.75) is 104 Å². The van der Waals surface area contributed by atoms with Gasteiger partial charge in [0.2, 0.25) is 0 Å². The zero-order valence-corrected chi connectivity index (χ0v) is 64.0. The number of aromatic nitrogens is 16. The van der Waals surface area contributed by atoms with Gasteiger partial charge in [0.15, 0.2) is 11.6 Å². The summed E-state index contributed by atoms with van der Waals surface area (Å²) in [4.78, 5) is 83.8. The molecule has 0 bridgehead atoms. The van der Waals surface area contributed by atoms with E-state index in [1.165, 1.54) is 52.3 Å². The van der Waals surface area contributed by atoms with Crippen LogP contribution in [0.1, 0.15) is 155 Å². The van der Waals surface area contributed by atoms with Crippen LogP contribution < -0.4 is 0 Å². The second-order valence-electron chi connectivity index (χ2n) is 26.3. The second-order valence-corrected chi connectivity index (χ2v) is 28.3. The Morgan fingerprint density at radius 2 is 1.00 bits per heavy atom. The minimum Gasteiger partial charge on any atom is -0.332 e. The third kappa shape index (κ3) is 16.6. The molecule has 0 spiro atoms. The molecular formula is C76H63Cl5F8N20O4. The van der Waals surface area contributed by atoms with Crippen LogP contribution in [0, 0.1) is 18.6 Å². The number of imidazole rings is 1. The first kappa shape index (κ1) is 79.9. The highest BCUT2D eigenvalue weighted by Gasteiger charge is 2.41. The summed E-state index contributed by atoms with van der Waals surface area (Å²) < 4.78 is 112. The van der Waals surface area contributed by atoms with Crippen LogP contribution in [0.2, 0.25) is 25.1 Å². The van der Waals surface area contributed by atoms with E-state index in [2.05, 4.69) is 60.8 Å². The summed E-state index contributed by atoms with van der Waals surface area (Å²) in [5.74, 6) is -0.136. The van der Waals surface area contributed by atoms with Crippen LogP contribution in [0.15, 0.2) is 153 Å². The highest BCUT2D eigenvalue weighted by molar-refractivity contribution is 6.37.